The van der Waals surface area contributed by atoms with E-state index in [1.165, 1.54) is 12.7 Å². The number of fused-ring (bicyclic) bond motifs is 1. The van der Waals surface area contributed by atoms with Gasteiger partial charge in [0.2, 0.25) is 6.79 Å². The van der Waals surface area contributed by atoms with Crippen LogP contribution in [0.15, 0.2) is 24.3 Å². The predicted octanol–water partition coefficient (Wildman–Crippen LogP) is 3.80. The van der Waals surface area contributed by atoms with Gasteiger partial charge in [-0.2, -0.15) is 0 Å². The highest BCUT2D eigenvalue weighted by Gasteiger charge is 2.37. The van der Waals surface area contributed by atoms with Crippen LogP contribution in [-0.2, 0) is 9.53 Å². The monoisotopic (exact) mass is 302 g/mol. The highest BCUT2D eigenvalue weighted by molar-refractivity contribution is 5.78. The standard InChI is InChI=1S/C18H22O4/c1-18(2,17(19)20-3)14-6-4-5-12(9-14)13-7-8-15-16(10-13)22-11-21-15/h7-10,14H,4-6,11H2,1-3H3. The van der Waals surface area contributed by atoms with Gasteiger partial charge < -0.3 is 14.2 Å². The minimum atomic E-state index is -0.503. The molecular weight excluding hydrogens is 280 g/mol. The summed E-state index contributed by atoms with van der Waals surface area (Å²) in [5, 5.41) is 0. The van der Waals surface area contributed by atoms with Crippen LogP contribution in [0.2, 0.25) is 0 Å². The summed E-state index contributed by atoms with van der Waals surface area (Å²) in [7, 11) is 1.45. The summed E-state index contributed by atoms with van der Waals surface area (Å²) in [6, 6.07) is 6.04. The summed E-state index contributed by atoms with van der Waals surface area (Å²) >= 11 is 0. The molecule has 0 saturated carbocycles. The molecule has 1 heterocycles. The third-order valence-electron chi connectivity index (χ3n) is 4.75. The van der Waals surface area contributed by atoms with Crippen LogP contribution in [0.3, 0.4) is 0 Å². The van der Waals surface area contributed by atoms with Gasteiger partial charge in [0.05, 0.1) is 12.5 Å². The van der Waals surface area contributed by atoms with Crippen LogP contribution in [0.5, 0.6) is 11.5 Å². The van der Waals surface area contributed by atoms with Crippen molar-refractivity contribution in [2.45, 2.75) is 33.1 Å². The van der Waals surface area contributed by atoms with Crippen molar-refractivity contribution in [3.05, 3.63) is 29.8 Å². The van der Waals surface area contributed by atoms with E-state index in [2.05, 4.69) is 12.1 Å². The first kappa shape index (κ1) is 14.9. The summed E-state index contributed by atoms with van der Waals surface area (Å²) in [6.45, 7) is 4.21. The number of carbonyl (C=O) groups excluding carboxylic acids is 1. The number of hydrogen-bond donors (Lipinski definition) is 0. The van der Waals surface area contributed by atoms with Gasteiger partial charge in [0.25, 0.3) is 0 Å². The van der Waals surface area contributed by atoms with Crippen molar-refractivity contribution in [1.29, 1.82) is 0 Å². The van der Waals surface area contributed by atoms with E-state index in [9.17, 15) is 4.79 Å². The molecule has 1 aliphatic carbocycles. The lowest BCUT2D eigenvalue weighted by atomic mass is 9.72. The van der Waals surface area contributed by atoms with Gasteiger partial charge in [-0.1, -0.05) is 12.1 Å². The van der Waals surface area contributed by atoms with E-state index in [1.54, 1.807) is 0 Å². The van der Waals surface area contributed by atoms with Crippen LogP contribution in [0.1, 0.15) is 38.7 Å². The first-order valence-corrected chi connectivity index (χ1v) is 7.71. The molecule has 22 heavy (non-hydrogen) atoms. The number of methoxy groups -OCH3 is 1. The third-order valence-corrected chi connectivity index (χ3v) is 4.75. The van der Waals surface area contributed by atoms with Crippen molar-refractivity contribution in [2.75, 3.05) is 13.9 Å². The zero-order chi connectivity index (χ0) is 15.7. The molecule has 1 aromatic rings. The Morgan fingerprint density at radius 3 is 2.82 bits per heavy atom. The summed E-state index contributed by atoms with van der Waals surface area (Å²) in [5.41, 5.74) is 1.91. The third kappa shape index (κ3) is 2.58. The first-order chi connectivity index (χ1) is 10.5. The molecule has 1 atom stereocenters. The quantitative estimate of drug-likeness (QED) is 0.797. The zero-order valence-corrected chi connectivity index (χ0v) is 13.3. The molecule has 0 spiro atoms. The average Bonchev–Trinajstić information content (AvgIpc) is 3.01. The first-order valence-electron chi connectivity index (χ1n) is 7.71. The second-order valence-electron chi connectivity index (χ2n) is 6.47. The molecule has 0 amide bonds. The van der Waals surface area contributed by atoms with Crippen LogP contribution >= 0.6 is 0 Å². The molecule has 4 nitrogen and oxygen atoms in total. The van der Waals surface area contributed by atoms with Crippen LogP contribution in [0.25, 0.3) is 5.57 Å². The Bertz CT molecular complexity index is 616. The highest BCUT2D eigenvalue weighted by Crippen LogP contribution is 2.42. The molecule has 1 unspecified atom stereocenters. The van der Waals surface area contributed by atoms with Crippen LogP contribution in [-0.4, -0.2) is 19.9 Å². The number of benzene rings is 1. The Morgan fingerprint density at radius 1 is 1.27 bits per heavy atom. The molecule has 0 fully saturated rings. The van der Waals surface area contributed by atoms with E-state index >= 15 is 0 Å². The van der Waals surface area contributed by atoms with Gasteiger partial charge in [-0.15, -0.1) is 0 Å². The summed E-state index contributed by atoms with van der Waals surface area (Å²) in [6.07, 6.45) is 5.34. The number of ether oxygens (including phenoxy) is 3. The lowest BCUT2D eigenvalue weighted by Gasteiger charge is -2.33. The maximum atomic E-state index is 12.0. The van der Waals surface area contributed by atoms with Crippen LogP contribution in [0, 0.1) is 11.3 Å². The van der Waals surface area contributed by atoms with Crippen molar-refractivity contribution >= 4 is 11.5 Å². The molecule has 2 aliphatic rings. The predicted molar refractivity (Wildman–Crippen MR) is 83.7 cm³/mol. The molecular formula is C18H22O4. The van der Waals surface area contributed by atoms with E-state index in [1.807, 2.05) is 26.0 Å². The summed E-state index contributed by atoms with van der Waals surface area (Å²) < 4.78 is 15.8. The Kier molecular flexibility index (Phi) is 3.85. The van der Waals surface area contributed by atoms with E-state index in [0.717, 1.165) is 36.3 Å². The number of allylic oxidation sites excluding steroid dienone is 2. The Labute approximate surface area is 131 Å². The van der Waals surface area contributed by atoms with Gasteiger partial charge in [0, 0.05) is 0 Å². The number of esters is 1. The smallest absolute Gasteiger partial charge is 0.311 e. The van der Waals surface area contributed by atoms with E-state index in [0.29, 0.717) is 0 Å². The van der Waals surface area contributed by atoms with Gasteiger partial charge in [-0.3, -0.25) is 4.79 Å². The maximum absolute atomic E-state index is 12.0. The van der Waals surface area contributed by atoms with Crippen molar-refractivity contribution in [1.82, 2.24) is 0 Å². The normalized spacial score (nSPS) is 20.5. The molecule has 4 heteroatoms. The molecule has 0 saturated heterocycles. The topological polar surface area (TPSA) is 44.8 Å². The largest absolute Gasteiger partial charge is 0.469 e. The fourth-order valence-electron chi connectivity index (χ4n) is 3.24. The minimum absolute atomic E-state index is 0.152. The van der Waals surface area contributed by atoms with Gasteiger partial charge in [-0.05, 0) is 62.3 Å². The Morgan fingerprint density at radius 2 is 2.05 bits per heavy atom. The molecule has 0 N–H and O–H groups in total. The lowest BCUT2D eigenvalue weighted by Crippen LogP contribution is -2.34. The van der Waals surface area contributed by atoms with Gasteiger partial charge in [0.1, 0.15) is 0 Å². The lowest BCUT2D eigenvalue weighted by molar-refractivity contribution is -0.153. The highest BCUT2D eigenvalue weighted by atomic mass is 16.7. The molecule has 0 bridgehead atoms. The van der Waals surface area contributed by atoms with Crippen molar-refractivity contribution in [2.24, 2.45) is 11.3 Å². The zero-order valence-electron chi connectivity index (χ0n) is 13.3. The Balaban J connectivity index is 1.89. The minimum Gasteiger partial charge on any atom is -0.469 e. The molecule has 3 rings (SSSR count). The van der Waals surface area contributed by atoms with Crippen molar-refractivity contribution < 1.29 is 19.0 Å². The fourth-order valence-corrected chi connectivity index (χ4v) is 3.24. The van der Waals surface area contributed by atoms with E-state index in [4.69, 9.17) is 14.2 Å². The summed E-state index contributed by atoms with van der Waals surface area (Å²) in [5.74, 6) is 1.63. The molecule has 1 aromatic carbocycles. The molecule has 1 aliphatic heterocycles. The summed E-state index contributed by atoms with van der Waals surface area (Å²) in [4.78, 5) is 12.0. The number of rotatable bonds is 3. The average molecular weight is 302 g/mol. The van der Waals surface area contributed by atoms with Gasteiger partial charge >= 0.3 is 5.97 Å². The van der Waals surface area contributed by atoms with E-state index in [-0.39, 0.29) is 18.7 Å². The van der Waals surface area contributed by atoms with E-state index < -0.39 is 5.41 Å². The second-order valence-corrected chi connectivity index (χ2v) is 6.47. The van der Waals surface area contributed by atoms with Crippen LogP contribution in [0.4, 0.5) is 0 Å². The fraction of sp³-hybridized carbons (Fsp3) is 0.500. The SMILES string of the molecule is COC(=O)C(C)(C)C1C=C(c2ccc3c(c2)OCO3)CCC1. The Hall–Kier alpha value is -1.97. The van der Waals surface area contributed by atoms with Crippen molar-refractivity contribution in [3.8, 4) is 11.5 Å². The van der Waals surface area contributed by atoms with Crippen LogP contribution < -0.4 is 9.47 Å². The van der Waals surface area contributed by atoms with Gasteiger partial charge in [-0.25, -0.2) is 0 Å². The number of carbonyl (C=O) groups is 1. The van der Waals surface area contributed by atoms with Crippen molar-refractivity contribution in [3.63, 3.8) is 0 Å². The molecule has 0 radical (unpaired) electrons. The molecule has 118 valence electrons. The molecule has 0 aromatic heterocycles. The number of hydrogen-bond acceptors (Lipinski definition) is 4. The van der Waals surface area contributed by atoms with Gasteiger partial charge in [0.15, 0.2) is 11.5 Å². The second kappa shape index (κ2) is 5.67. The maximum Gasteiger partial charge on any atom is 0.311 e.